The summed E-state index contributed by atoms with van der Waals surface area (Å²) >= 11 is 9.67. The van der Waals surface area contributed by atoms with Gasteiger partial charge in [-0.3, -0.25) is 19.2 Å². The minimum Gasteiger partial charge on any atom is -0.468 e. The quantitative estimate of drug-likeness (QED) is 0.251. The van der Waals surface area contributed by atoms with Crippen molar-refractivity contribution >= 4 is 79.1 Å². The topological polar surface area (TPSA) is 111 Å². The van der Waals surface area contributed by atoms with Gasteiger partial charge in [-0.25, -0.2) is 23.8 Å². The maximum Gasteiger partial charge on any atom is 0.325 e. The first kappa shape index (κ1) is 29.8. The summed E-state index contributed by atoms with van der Waals surface area (Å²) in [6.07, 6.45) is 1.90. The lowest BCUT2D eigenvalue weighted by molar-refractivity contribution is -0.137. The van der Waals surface area contributed by atoms with Crippen LogP contribution in [0.2, 0.25) is 5.02 Å². The maximum absolute atomic E-state index is 14.3. The number of urea groups is 1. The van der Waals surface area contributed by atoms with E-state index in [1.165, 1.54) is 29.4 Å². The molecule has 0 atom stereocenters. The molecule has 0 saturated carbocycles. The molecule has 1 aliphatic rings. The molecule has 2 aromatic carbocycles. The summed E-state index contributed by atoms with van der Waals surface area (Å²) in [6.45, 7) is 1.32. The molecule has 0 radical (unpaired) electrons. The smallest absolute Gasteiger partial charge is 0.325 e. The SMILES string of the molecule is CNC(=O)N(C)c1nc2ccccc2s1.COC(=O)CSc1cc(/N=c2\sc(=O)n3n2CCCC3)c(F)cc1Cl. The van der Waals surface area contributed by atoms with Gasteiger partial charge in [-0.1, -0.05) is 35.1 Å². The molecule has 40 heavy (non-hydrogen) atoms. The summed E-state index contributed by atoms with van der Waals surface area (Å²) in [5.74, 6) is -0.923. The molecule has 0 spiro atoms. The fourth-order valence-corrected chi connectivity index (χ4v) is 6.60. The van der Waals surface area contributed by atoms with Crippen LogP contribution in [0.5, 0.6) is 0 Å². The van der Waals surface area contributed by atoms with Crippen molar-refractivity contribution in [1.82, 2.24) is 19.7 Å². The van der Waals surface area contributed by atoms with Crippen LogP contribution in [0.4, 0.5) is 20.0 Å². The predicted octanol–water partition coefficient (Wildman–Crippen LogP) is 4.87. The van der Waals surface area contributed by atoms with E-state index in [-0.39, 0.29) is 27.4 Å². The second-order valence-electron chi connectivity index (χ2n) is 8.39. The molecule has 0 aliphatic carbocycles. The largest absolute Gasteiger partial charge is 0.468 e. The Kier molecular flexibility index (Phi) is 10.0. The summed E-state index contributed by atoms with van der Waals surface area (Å²) in [4.78, 5) is 45.7. The van der Waals surface area contributed by atoms with Crippen molar-refractivity contribution in [3.8, 4) is 0 Å². The standard InChI is InChI=1S/C15H15ClFN3O3S2.C10H11N3OS/c1-23-13(21)8-24-12-7-11(10(17)6-9(12)16)18-14-19-4-2-3-5-20(19)15(22)25-14;1-11-9(14)13(2)10-12-7-5-3-4-6-8(7)15-10/h6-7H,2-5,8H2,1H3;3-6H,1-2H3,(H,11,14)/b18-14-;. The number of thioether (sulfide) groups is 1. The highest BCUT2D eigenvalue weighted by atomic mass is 35.5. The molecule has 2 amide bonds. The molecule has 0 unspecified atom stereocenters. The maximum atomic E-state index is 14.3. The zero-order chi connectivity index (χ0) is 28.8. The number of carbonyl (C=O) groups is 2. The van der Waals surface area contributed by atoms with E-state index in [0.717, 1.165) is 52.2 Å². The number of benzene rings is 2. The molecule has 10 nitrogen and oxygen atoms in total. The van der Waals surface area contributed by atoms with Gasteiger partial charge >= 0.3 is 16.9 Å². The van der Waals surface area contributed by atoms with Gasteiger partial charge < -0.3 is 10.1 Å². The van der Waals surface area contributed by atoms with E-state index in [4.69, 9.17) is 11.6 Å². The van der Waals surface area contributed by atoms with Crippen LogP contribution in [0.1, 0.15) is 12.8 Å². The second kappa shape index (κ2) is 13.4. The third-order valence-corrected chi connectivity index (χ3v) is 9.21. The molecule has 1 aliphatic heterocycles. The molecule has 212 valence electrons. The van der Waals surface area contributed by atoms with E-state index in [0.29, 0.717) is 27.9 Å². The number of para-hydroxylation sites is 1. The molecule has 0 saturated heterocycles. The van der Waals surface area contributed by atoms with Crippen LogP contribution in [-0.2, 0) is 22.6 Å². The Morgan fingerprint density at radius 3 is 2.65 bits per heavy atom. The number of methoxy groups -OCH3 is 1. The van der Waals surface area contributed by atoms with Gasteiger partial charge in [-0.05, 0) is 48.4 Å². The van der Waals surface area contributed by atoms with Crippen molar-refractivity contribution in [2.75, 3.05) is 31.9 Å². The number of halogens is 2. The van der Waals surface area contributed by atoms with E-state index in [1.807, 2.05) is 24.3 Å². The molecule has 2 aromatic heterocycles. The molecule has 5 rings (SSSR count). The van der Waals surface area contributed by atoms with E-state index in [9.17, 15) is 18.8 Å². The minimum atomic E-state index is -0.580. The molecule has 4 aromatic rings. The van der Waals surface area contributed by atoms with Crippen LogP contribution >= 0.6 is 46.0 Å². The van der Waals surface area contributed by atoms with E-state index in [2.05, 4.69) is 20.0 Å². The summed E-state index contributed by atoms with van der Waals surface area (Å²) in [5.41, 5.74) is 1.01. The highest BCUT2D eigenvalue weighted by Gasteiger charge is 2.16. The number of hydrogen-bond donors (Lipinski definition) is 1. The Bertz CT molecular complexity index is 1630. The molecule has 3 heterocycles. The second-order valence-corrected chi connectivity index (χ2v) is 11.7. The molecule has 15 heteroatoms. The zero-order valence-corrected chi connectivity index (χ0v) is 25.1. The van der Waals surface area contributed by atoms with Crippen molar-refractivity contribution in [3.63, 3.8) is 0 Å². The molecule has 0 fully saturated rings. The van der Waals surface area contributed by atoms with Gasteiger partial charge in [0.1, 0.15) is 11.5 Å². The number of ether oxygens (including phenoxy) is 1. The average molecular weight is 625 g/mol. The highest BCUT2D eigenvalue weighted by Crippen LogP contribution is 2.33. The molecular formula is C25H26ClFN6O4S3. The van der Waals surface area contributed by atoms with E-state index < -0.39 is 11.8 Å². The lowest BCUT2D eigenvalue weighted by Gasteiger charge is -2.15. The number of hydrogen-bond acceptors (Lipinski definition) is 9. The summed E-state index contributed by atoms with van der Waals surface area (Å²) in [5, 5.41) is 3.46. The number of amides is 2. The van der Waals surface area contributed by atoms with Crippen molar-refractivity contribution in [2.45, 2.75) is 30.8 Å². The summed E-state index contributed by atoms with van der Waals surface area (Å²) in [7, 11) is 4.61. The number of carbonyl (C=O) groups excluding carboxylic acids is 2. The van der Waals surface area contributed by atoms with Crippen LogP contribution < -0.4 is 19.9 Å². The van der Waals surface area contributed by atoms with Crippen molar-refractivity contribution in [3.05, 3.63) is 61.7 Å². The van der Waals surface area contributed by atoms with E-state index >= 15 is 0 Å². The minimum absolute atomic E-state index is 0.0605. The van der Waals surface area contributed by atoms with Crippen molar-refractivity contribution in [1.29, 1.82) is 0 Å². The van der Waals surface area contributed by atoms with Gasteiger partial charge in [0.05, 0.1) is 28.1 Å². The number of nitrogens with zero attached hydrogens (tertiary/aromatic N) is 5. The Morgan fingerprint density at radius 2 is 1.95 bits per heavy atom. The lowest BCUT2D eigenvalue weighted by atomic mass is 10.3. The number of thiazole rings is 1. The predicted molar refractivity (Wildman–Crippen MR) is 158 cm³/mol. The Hall–Kier alpha value is -3.20. The first-order valence-electron chi connectivity index (χ1n) is 12.1. The van der Waals surface area contributed by atoms with Crippen LogP contribution in [0.25, 0.3) is 10.2 Å². The van der Waals surface area contributed by atoms with Gasteiger partial charge in [-0.2, -0.15) is 0 Å². The van der Waals surface area contributed by atoms with Crippen LogP contribution in [0, 0.1) is 5.82 Å². The third-order valence-electron chi connectivity index (χ3n) is 5.77. The Balaban J connectivity index is 0.000000210. The Morgan fingerprint density at radius 1 is 1.23 bits per heavy atom. The number of aromatic nitrogens is 3. The fraction of sp³-hybridized carbons (Fsp3) is 0.320. The summed E-state index contributed by atoms with van der Waals surface area (Å²) < 4.78 is 23.3. The van der Waals surface area contributed by atoms with Crippen molar-refractivity contribution in [2.24, 2.45) is 4.99 Å². The van der Waals surface area contributed by atoms with Crippen LogP contribution in [0.3, 0.4) is 0 Å². The number of rotatable bonds is 5. The van der Waals surface area contributed by atoms with Gasteiger partial charge in [0.15, 0.2) is 5.13 Å². The van der Waals surface area contributed by atoms with Gasteiger partial charge in [0, 0.05) is 32.1 Å². The van der Waals surface area contributed by atoms with E-state index in [1.54, 1.807) is 23.5 Å². The lowest BCUT2D eigenvalue weighted by Crippen LogP contribution is -2.34. The van der Waals surface area contributed by atoms with Crippen molar-refractivity contribution < 1.29 is 18.7 Å². The zero-order valence-electron chi connectivity index (χ0n) is 21.8. The summed E-state index contributed by atoms with van der Waals surface area (Å²) in [6, 6.07) is 10.3. The van der Waals surface area contributed by atoms with Gasteiger partial charge in [0.2, 0.25) is 4.80 Å². The Labute approximate surface area is 246 Å². The first-order chi connectivity index (χ1) is 19.2. The fourth-order valence-electron chi connectivity index (χ4n) is 3.69. The van der Waals surface area contributed by atoms with Crippen LogP contribution in [0.15, 0.2) is 51.1 Å². The first-order valence-corrected chi connectivity index (χ1v) is 15.1. The van der Waals surface area contributed by atoms with Gasteiger partial charge in [-0.15, -0.1) is 11.8 Å². The monoisotopic (exact) mass is 624 g/mol. The number of nitrogens with one attached hydrogen (secondary N) is 1. The number of anilines is 1. The van der Waals surface area contributed by atoms with Gasteiger partial charge in [0.25, 0.3) is 0 Å². The number of esters is 1. The van der Waals surface area contributed by atoms with Crippen LogP contribution in [-0.4, -0.2) is 53.3 Å². The molecule has 0 bridgehead atoms. The third kappa shape index (κ3) is 6.92. The average Bonchev–Trinajstić information content (AvgIpc) is 3.54. The molecular weight excluding hydrogens is 599 g/mol. The normalized spacial score (nSPS) is 12.9. The highest BCUT2D eigenvalue weighted by molar-refractivity contribution is 8.00. The molecule has 1 N–H and O–H groups in total. The number of fused-ring (bicyclic) bond motifs is 2.